The molecule has 0 amide bonds. The van der Waals surface area contributed by atoms with Gasteiger partial charge >= 0.3 is 0 Å². The smallest absolute Gasteiger partial charge is 0.288 e. The lowest BCUT2D eigenvalue weighted by Crippen LogP contribution is -2.08. The van der Waals surface area contributed by atoms with Crippen molar-refractivity contribution in [2.75, 3.05) is 0 Å². The van der Waals surface area contributed by atoms with Gasteiger partial charge in [0.15, 0.2) is 23.2 Å². The van der Waals surface area contributed by atoms with Gasteiger partial charge in [-0.15, -0.1) is 0 Å². The molecule has 4 nitrogen and oxygen atoms in total. The number of carbonyl (C=O) groups excluding carboxylic acids is 1. The highest BCUT2D eigenvalue weighted by atomic mass is 32.2. The Labute approximate surface area is 117 Å². The summed E-state index contributed by atoms with van der Waals surface area (Å²) in [5.74, 6) is -5.77. The minimum atomic E-state index is -4.43. The van der Waals surface area contributed by atoms with Crippen molar-refractivity contribution >= 4 is 15.9 Å². The number of halogens is 3. The third kappa shape index (κ3) is 2.96. The Bertz CT molecular complexity index is 814. The predicted molar refractivity (Wildman–Crippen MR) is 66.0 cm³/mol. The number of hydrogen-bond acceptors (Lipinski definition) is 3. The lowest BCUT2D eigenvalue weighted by Gasteiger charge is -2.05. The number of rotatable bonds is 3. The molecular formula is C13H7F3O4S. The van der Waals surface area contributed by atoms with Crippen LogP contribution in [0.2, 0.25) is 0 Å². The van der Waals surface area contributed by atoms with Crippen molar-refractivity contribution in [1.29, 1.82) is 0 Å². The lowest BCUT2D eigenvalue weighted by atomic mass is 10.0. The van der Waals surface area contributed by atoms with Crippen LogP contribution in [-0.4, -0.2) is 18.8 Å². The van der Waals surface area contributed by atoms with Gasteiger partial charge in [0.25, 0.3) is 10.1 Å². The summed E-state index contributed by atoms with van der Waals surface area (Å²) in [4.78, 5) is 11.5. The highest BCUT2D eigenvalue weighted by molar-refractivity contribution is 7.85. The van der Waals surface area contributed by atoms with Gasteiger partial charge in [-0.2, -0.15) is 8.42 Å². The summed E-state index contributed by atoms with van der Waals surface area (Å²) < 4.78 is 69.8. The maximum Gasteiger partial charge on any atom is 0.294 e. The van der Waals surface area contributed by atoms with Crippen LogP contribution in [0.1, 0.15) is 15.9 Å². The molecule has 2 aromatic carbocycles. The van der Waals surface area contributed by atoms with Crippen molar-refractivity contribution in [3.05, 3.63) is 65.0 Å². The zero-order valence-electron chi connectivity index (χ0n) is 10.2. The fourth-order valence-electron chi connectivity index (χ4n) is 1.64. The summed E-state index contributed by atoms with van der Waals surface area (Å²) in [5, 5.41) is 0. The molecule has 0 atom stereocenters. The van der Waals surface area contributed by atoms with E-state index in [-0.39, 0.29) is 5.56 Å². The van der Waals surface area contributed by atoms with Crippen molar-refractivity contribution in [3.63, 3.8) is 0 Å². The molecule has 0 aliphatic heterocycles. The Balaban J connectivity index is 2.44. The van der Waals surface area contributed by atoms with Crippen LogP contribution in [0.3, 0.4) is 0 Å². The van der Waals surface area contributed by atoms with Gasteiger partial charge < -0.3 is 0 Å². The number of carbonyl (C=O) groups is 1. The van der Waals surface area contributed by atoms with Crippen LogP contribution in [0.4, 0.5) is 13.2 Å². The molecule has 8 heteroatoms. The Kier molecular flexibility index (Phi) is 3.84. The van der Waals surface area contributed by atoms with Crippen LogP contribution in [0.15, 0.2) is 41.3 Å². The Morgan fingerprint density at radius 1 is 0.905 bits per heavy atom. The summed E-state index contributed by atoms with van der Waals surface area (Å²) in [7, 11) is -4.43. The molecule has 21 heavy (non-hydrogen) atoms. The highest BCUT2D eigenvalue weighted by Gasteiger charge is 2.20. The molecule has 1 N–H and O–H groups in total. The molecule has 2 aromatic rings. The predicted octanol–water partition coefficient (Wildman–Crippen LogP) is 2.58. The second-order valence-corrected chi connectivity index (χ2v) is 5.47. The van der Waals surface area contributed by atoms with Crippen LogP contribution < -0.4 is 0 Å². The van der Waals surface area contributed by atoms with E-state index in [1.807, 2.05) is 0 Å². The van der Waals surface area contributed by atoms with Crippen LogP contribution in [0.5, 0.6) is 0 Å². The SMILES string of the molecule is O=C(c1ccc(S(=O)(=O)O)cc1)c1ccc(F)c(F)c1F. The zero-order chi connectivity index (χ0) is 15.8. The van der Waals surface area contributed by atoms with Gasteiger partial charge in [0, 0.05) is 5.56 Å². The van der Waals surface area contributed by atoms with Crippen molar-refractivity contribution < 1.29 is 30.9 Å². The number of ketones is 1. The van der Waals surface area contributed by atoms with Gasteiger partial charge in [0.1, 0.15) is 0 Å². The van der Waals surface area contributed by atoms with E-state index in [0.717, 1.165) is 30.3 Å². The molecule has 0 aliphatic rings. The van der Waals surface area contributed by atoms with Gasteiger partial charge in [-0.3, -0.25) is 9.35 Å². The van der Waals surface area contributed by atoms with E-state index in [9.17, 15) is 26.4 Å². The molecule has 0 aromatic heterocycles. The molecule has 0 heterocycles. The monoisotopic (exact) mass is 316 g/mol. The van der Waals surface area contributed by atoms with E-state index in [1.54, 1.807) is 0 Å². The first-order valence-corrected chi connectivity index (χ1v) is 6.91. The quantitative estimate of drug-likeness (QED) is 0.537. The van der Waals surface area contributed by atoms with E-state index >= 15 is 0 Å². The molecule has 0 bridgehead atoms. The van der Waals surface area contributed by atoms with Crippen LogP contribution in [0.25, 0.3) is 0 Å². The van der Waals surface area contributed by atoms with Crippen LogP contribution in [-0.2, 0) is 10.1 Å². The second kappa shape index (κ2) is 5.30. The van der Waals surface area contributed by atoms with Crippen LogP contribution in [0, 0.1) is 17.5 Å². The van der Waals surface area contributed by atoms with E-state index in [0.29, 0.717) is 6.07 Å². The molecule has 110 valence electrons. The van der Waals surface area contributed by atoms with Gasteiger partial charge in [0.2, 0.25) is 0 Å². The molecule has 0 spiro atoms. The maximum absolute atomic E-state index is 13.5. The van der Waals surface area contributed by atoms with Gasteiger partial charge in [-0.1, -0.05) is 0 Å². The molecule has 2 rings (SSSR count). The first-order valence-electron chi connectivity index (χ1n) is 5.47. The fourth-order valence-corrected chi connectivity index (χ4v) is 2.12. The summed E-state index contributed by atoms with van der Waals surface area (Å²) in [5.41, 5.74) is -0.833. The zero-order valence-corrected chi connectivity index (χ0v) is 11.0. The summed E-state index contributed by atoms with van der Waals surface area (Å²) >= 11 is 0. The molecule has 0 radical (unpaired) electrons. The second-order valence-electron chi connectivity index (χ2n) is 4.05. The molecular weight excluding hydrogens is 309 g/mol. The minimum absolute atomic E-state index is 0.146. The summed E-state index contributed by atoms with van der Waals surface area (Å²) in [6.07, 6.45) is 0. The summed E-state index contributed by atoms with van der Waals surface area (Å²) in [6.45, 7) is 0. The largest absolute Gasteiger partial charge is 0.294 e. The Morgan fingerprint density at radius 3 is 2.00 bits per heavy atom. The Hall–Kier alpha value is -2.19. The molecule has 0 saturated heterocycles. The van der Waals surface area contributed by atoms with Crippen molar-refractivity contribution in [2.45, 2.75) is 4.90 Å². The fraction of sp³-hybridized carbons (Fsp3) is 0. The normalized spacial score (nSPS) is 11.4. The molecule has 0 aliphatic carbocycles. The number of hydrogen-bond donors (Lipinski definition) is 1. The van der Waals surface area contributed by atoms with Crippen molar-refractivity contribution in [3.8, 4) is 0 Å². The van der Waals surface area contributed by atoms with Crippen LogP contribution >= 0.6 is 0 Å². The number of benzene rings is 2. The maximum atomic E-state index is 13.5. The average molecular weight is 316 g/mol. The van der Waals surface area contributed by atoms with Gasteiger partial charge in [-0.05, 0) is 36.4 Å². The first-order chi connectivity index (χ1) is 9.71. The van der Waals surface area contributed by atoms with Crippen molar-refractivity contribution in [2.24, 2.45) is 0 Å². The van der Waals surface area contributed by atoms with E-state index in [2.05, 4.69) is 0 Å². The minimum Gasteiger partial charge on any atom is -0.288 e. The third-order valence-electron chi connectivity index (χ3n) is 2.69. The Morgan fingerprint density at radius 2 is 1.48 bits per heavy atom. The van der Waals surface area contributed by atoms with E-state index in [4.69, 9.17) is 4.55 Å². The summed E-state index contributed by atoms with van der Waals surface area (Å²) in [6, 6.07) is 5.30. The standard InChI is InChI=1S/C13H7F3O4S/c14-10-6-5-9(11(15)12(10)16)13(17)7-1-3-8(4-2-7)21(18,19)20/h1-6H,(H,18,19,20). The van der Waals surface area contributed by atoms with E-state index in [1.165, 1.54) is 0 Å². The van der Waals surface area contributed by atoms with Gasteiger partial charge in [0.05, 0.1) is 10.5 Å². The lowest BCUT2D eigenvalue weighted by molar-refractivity contribution is 0.103. The topological polar surface area (TPSA) is 71.4 Å². The molecule has 0 fully saturated rings. The molecule has 0 saturated carbocycles. The van der Waals surface area contributed by atoms with E-state index < -0.39 is 43.8 Å². The average Bonchev–Trinajstić information content (AvgIpc) is 2.43. The molecule has 0 unspecified atom stereocenters. The third-order valence-corrected chi connectivity index (χ3v) is 3.56. The van der Waals surface area contributed by atoms with Gasteiger partial charge in [-0.25, -0.2) is 13.2 Å². The highest BCUT2D eigenvalue weighted by Crippen LogP contribution is 2.19. The first kappa shape index (κ1) is 15.2. The van der Waals surface area contributed by atoms with Crippen molar-refractivity contribution in [1.82, 2.24) is 0 Å².